The van der Waals surface area contributed by atoms with Crippen LogP contribution in [0.3, 0.4) is 0 Å². The summed E-state index contributed by atoms with van der Waals surface area (Å²) in [5.74, 6) is 0. The first-order valence-electron chi connectivity index (χ1n) is 11.9. The van der Waals surface area contributed by atoms with Crippen molar-refractivity contribution in [3.8, 4) is 11.1 Å². The zero-order valence-corrected chi connectivity index (χ0v) is 22.5. The molecule has 0 saturated carbocycles. The number of benzene rings is 2. The Kier molecular flexibility index (Phi) is 10.2. The molecule has 0 aliphatic heterocycles. The zero-order chi connectivity index (χ0) is 24.7. The average Bonchev–Trinajstić information content (AvgIpc) is 2.77. The monoisotopic (exact) mass is 580 g/mol. The maximum absolute atomic E-state index is 13.9. The number of unbranched alkanes of at least 4 members (excludes halogenated alkanes) is 3. The number of alkyl halides is 6. The van der Waals surface area contributed by atoms with Crippen molar-refractivity contribution in [1.82, 2.24) is 0 Å². The third kappa shape index (κ3) is 7.15. The van der Waals surface area contributed by atoms with Crippen LogP contribution in [0.25, 0.3) is 11.1 Å². The van der Waals surface area contributed by atoms with Gasteiger partial charge in [-0.25, -0.2) is 0 Å². The SMILES string of the molecule is CCC[CH2][Sn]([CH2]CCC)([CH2]CCC)[c]1ccccc1-c1cc(C(F)(F)F)ccc1C(F)(F)F. The first-order chi connectivity index (χ1) is 15.5. The second-order valence-corrected chi connectivity index (χ2v) is 22.0. The van der Waals surface area contributed by atoms with E-state index in [0.29, 0.717) is 23.8 Å². The van der Waals surface area contributed by atoms with Gasteiger partial charge in [0.1, 0.15) is 0 Å². The summed E-state index contributed by atoms with van der Waals surface area (Å²) in [5.41, 5.74) is -2.02. The molecule has 0 nitrogen and oxygen atoms in total. The summed E-state index contributed by atoms with van der Waals surface area (Å²) in [6.07, 6.45) is -3.43. The second-order valence-electron chi connectivity index (χ2n) is 8.89. The van der Waals surface area contributed by atoms with E-state index in [0.717, 1.165) is 55.4 Å². The van der Waals surface area contributed by atoms with Crippen molar-refractivity contribution < 1.29 is 26.3 Å². The predicted octanol–water partition coefficient (Wildman–Crippen LogP) is 9.45. The van der Waals surface area contributed by atoms with Crippen LogP contribution < -0.4 is 3.58 Å². The molecule has 0 fully saturated rings. The van der Waals surface area contributed by atoms with Crippen LogP contribution in [0.15, 0.2) is 42.5 Å². The molecular formula is C26H34F6Sn. The van der Waals surface area contributed by atoms with E-state index in [1.165, 1.54) is 0 Å². The van der Waals surface area contributed by atoms with Gasteiger partial charge in [-0.15, -0.1) is 0 Å². The molecule has 184 valence electrons. The van der Waals surface area contributed by atoms with Crippen molar-refractivity contribution >= 4 is 22.0 Å². The van der Waals surface area contributed by atoms with E-state index in [1.54, 1.807) is 12.1 Å². The molecule has 2 rings (SSSR count). The van der Waals surface area contributed by atoms with Gasteiger partial charge in [0.05, 0.1) is 0 Å². The van der Waals surface area contributed by atoms with Crippen LogP contribution in [0, 0.1) is 0 Å². The van der Waals surface area contributed by atoms with Crippen LogP contribution in [0.5, 0.6) is 0 Å². The van der Waals surface area contributed by atoms with Gasteiger partial charge >= 0.3 is 198 Å². The standard InChI is InChI=1S/C14H7F6.3C4H9.Sn/c15-13(16,17)10-6-7-12(14(18,19)20)11(8-10)9-4-2-1-3-5-9;3*1-3-4-2;/h1-4,6-8H;3*1,3-4H2,2H3;. The molecule has 0 aromatic heterocycles. The van der Waals surface area contributed by atoms with Crippen LogP contribution in [0.4, 0.5) is 26.3 Å². The van der Waals surface area contributed by atoms with Crippen LogP contribution in [0.1, 0.15) is 70.4 Å². The Bertz CT molecular complexity index is 863. The molecule has 0 heterocycles. The van der Waals surface area contributed by atoms with E-state index in [2.05, 4.69) is 20.8 Å². The molecule has 0 aliphatic carbocycles. The molecule has 2 aromatic rings. The summed E-state index contributed by atoms with van der Waals surface area (Å²) < 4.78 is 86.2. The number of hydrogen-bond donors (Lipinski definition) is 0. The second kappa shape index (κ2) is 12.0. The quantitative estimate of drug-likeness (QED) is 0.184. The minimum atomic E-state index is -4.74. The first-order valence-corrected chi connectivity index (χ1v) is 19.4. The third-order valence-electron chi connectivity index (χ3n) is 6.47. The van der Waals surface area contributed by atoms with Crippen LogP contribution in [-0.2, 0) is 12.4 Å². The van der Waals surface area contributed by atoms with Crippen molar-refractivity contribution in [2.75, 3.05) is 0 Å². The Balaban J connectivity index is 2.83. The van der Waals surface area contributed by atoms with Gasteiger partial charge in [-0.2, -0.15) is 0 Å². The topological polar surface area (TPSA) is 0 Å². The summed E-state index contributed by atoms with van der Waals surface area (Å²) in [7, 11) is 0. The van der Waals surface area contributed by atoms with Gasteiger partial charge in [0.15, 0.2) is 0 Å². The molecule has 0 unspecified atom stereocenters. The molecule has 0 saturated heterocycles. The van der Waals surface area contributed by atoms with Gasteiger partial charge in [-0.05, 0) is 0 Å². The van der Waals surface area contributed by atoms with Crippen molar-refractivity contribution in [1.29, 1.82) is 0 Å². The normalized spacial score (nSPS) is 12.9. The zero-order valence-electron chi connectivity index (χ0n) is 19.7. The Labute approximate surface area is 197 Å². The van der Waals surface area contributed by atoms with E-state index in [-0.39, 0.29) is 5.56 Å². The van der Waals surface area contributed by atoms with Crippen molar-refractivity contribution in [2.45, 2.75) is 85.0 Å². The summed E-state index contributed by atoms with van der Waals surface area (Å²) in [4.78, 5) is 0. The molecule has 2 aromatic carbocycles. The van der Waals surface area contributed by atoms with Gasteiger partial charge in [0.25, 0.3) is 0 Å². The number of halogens is 6. The fourth-order valence-electron chi connectivity index (χ4n) is 4.70. The molecular weight excluding hydrogens is 545 g/mol. The molecule has 0 bridgehead atoms. The Morgan fingerprint density at radius 1 is 0.636 bits per heavy atom. The third-order valence-corrected chi connectivity index (χ3v) is 22.2. The Morgan fingerprint density at radius 3 is 1.61 bits per heavy atom. The van der Waals surface area contributed by atoms with Gasteiger partial charge < -0.3 is 0 Å². The molecule has 0 atom stereocenters. The molecule has 0 amide bonds. The Hall–Kier alpha value is -1.18. The Morgan fingerprint density at radius 2 is 1.15 bits per heavy atom. The van der Waals surface area contributed by atoms with E-state index < -0.39 is 41.9 Å². The van der Waals surface area contributed by atoms with Crippen LogP contribution >= 0.6 is 0 Å². The van der Waals surface area contributed by atoms with E-state index in [1.807, 2.05) is 12.1 Å². The first kappa shape index (κ1) is 28.1. The van der Waals surface area contributed by atoms with E-state index in [4.69, 9.17) is 0 Å². The van der Waals surface area contributed by atoms with E-state index in [9.17, 15) is 26.3 Å². The maximum atomic E-state index is 13.9. The summed E-state index contributed by atoms with van der Waals surface area (Å²) >= 11 is -3.22. The molecule has 0 spiro atoms. The van der Waals surface area contributed by atoms with Crippen LogP contribution in [-0.4, -0.2) is 18.4 Å². The van der Waals surface area contributed by atoms with Crippen molar-refractivity contribution in [3.05, 3.63) is 53.6 Å². The summed E-state index contributed by atoms with van der Waals surface area (Å²) in [5, 5.41) is 0. The minimum absolute atomic E-state index is 0.335. The molecule has 0 radical (unpaired) electrons. The summed E-state index contributed by atoms with van der Waals surface area (Å²) in [6, 6.07) is 8.86. The van der Waals surface area contributed by atoms with Gasteiger partial charge in [-0.1, -0.05) is 0 Å². The molecule has 7 heteroatoms. The van der Waals surface area contributed by atoms with Gasteiger partial charge in [-0.3, -0.25) is 0 Å². The van der Waals surface area contributed by atoms with Gasteiger partial charge in [0, 0.05) is 0 Å². The van der Waals surface area contributed by atoms with Crippen molar-refractivity contribution in [2.24, 2.45) is 0 Å². The number of hydrogen-bond acceptors (Lipinski definition) is 0. The molecule has 33 heavy (non-hydrogen) atoms. The van der Waals surface area contributed by atoms with Gasteiger partial charge in [0.2, 0.25) is 0 Å². The predicted molar refractivity (Wildman–Crippen MR) is 126 cm³/mol. The number of rotatable bonds is 11. The van der Waals surface area contributed by atoms with E-state index >= 15 is 0 Å². The van der Waals surface area contributed by atoms with Crippen molar-refractivity contribution in [3.63, 3.8) is 0 Å². The molecule has 0 N–H and O–H groups in total. The fraction of sp³-hybridized carbons (Fsp3) is 0.538. The fourth-order valence-corrected chi connectivity index (χ4v) is 21.5. The summed E-state index contributed by atoms with van der Waals surface area (Å²) in [6.45, 7) is 6.32. The van der Waals surface area contributed by atoms with Crippen LogP contribution in [0.2, 0.25) is 13.3 Å². The average molecular weight is 579 g/mol. The molecule has 0 aliphatic rings.